The van der Waals surface area contributed by atoms with Crippen molar-refractivity contribution < 1.29 is 18.3 Å². The van der Waals surface area contributed by atoms with E-state index in [1.807, 2.05) is 0 Å². The van der Waals surface area contributed by atoms with Crippen LogP contribution in [0.25, 0.3) is 11.0 Å². The molecule has 128 valence electrons. The van der Waals surface area contributed by atoms with E-state index >= 15 is 0 Å². The van der Waals surface area contributed by atoms with Gasteiger partial charge in [0.05, 0.1) is 0 Å². The van der Waals surface area contributed by atoms with Crippen molar-refractivity contribution in [2.75, 3.05) is 13.2 Å². The zero-order valence-electron chi connectivity index (χ0n) is 13.3. The summed E-state index contributed by atoms with van der Waals surface area (Å²) in [5, 5.41) is 3.50. The second kappa shape index (κ2) is 7.61. The van der Waals surface area contributed by atoms with Crippen LogP contribution in [0.3, 0.4) is 0 Å². The average Bonchev–Trinajstić information content (AvgIpc) is 2.61. The number of ether oxygens (including phenoxy) is 1. The summed E-state index contributed by atoms with van der Waals surface area (Å²) < 4.78 is 23.3. The Balaban J connectivity index is 1.48. The van der Waals surface area contributed by atoms with Crippen LogP contribution in [0.4, 0.5) is 4.39 Å². The maximum absolute atomic E-state index is 12.8. The summed E-state index contributed by atoms with van der Waals surface area (Å²) in [5.41, 5.74) is 0.900. The molecule has 1 amide bonds. The SMILES string of the molecule is O=C(COc1ccc2ccc(=O)oc2c1)NCCc1ccc(F)cc1. The van der Waals surface area contributed by atoms with Crippen molar-refractivity contribution in [2.24, 2.45) is 0 Å². The van der Waals surface area contributed by atoms with E-state index in [0.717, 1.165) is 10.9 Å². The normalized spacial score (nSPS) is 10.6. The predicted molar refractivity (Wildman–Crippen MR) is 91.1 cm³/mol. The molecule has 3 aromatic rings. The maximum Gasteiger partial charge on any atom is 0.336 e. The molecule has 0 bridgehead atoms. The molecule has 0 saturated carbocycles. The van der Waals surface area contributed by atoms with Crippen LogP contribution in [0.15, 0.2) is 63.8 Å². The summed E-state index contributed by atoms with van der Waals surface area (Å²) in [5.74, 6) is -0.111. The van der Waals surface area contributed by atoms with Gasteiger partial charge in [-0.25, -0.2) is 9.18 Å². The van der Waals surface area contributed by atoms with E-state index in [1.54, 1.807) is 36.4 Å². The highest BCUT2D eigenvalue weighted by Gasteiger charge is 2.05. The van der Waals surface area contributed by atoms with Gasteiger partial charge in [0.1, 0.15) is 17.1 Å². The largest absolute Gasteiger partial charge is 0.484 e. The molecule has 0 spiro atoms. The average molecular weight is 341 g/mol. The van der Waals surface area contributed by atoms with Crippen molar-refractivity contribution in [3.63, 3.8) is 0 Å². The number of rotatable bonds is 6. The Morgan fingerprint density at radius 2 is 1.84 bits per heavy atom. The first-order valence-electron chi connectivity index (χ1n) is 7.78. The van der Waals surface area contributed by atoms with E-state index in [4.69, 9.17) is 9.15 Å². The van der Waals surface area contributed by atoms with Crippen LogP contribution in [0.5, 0.6) is 5.75 Å². The minimum Gasteiger partial charge on any atom is -0.484 e. The third-order valence-electron chi connectivity index (χ3n) is 3.61. The molecule has 0 aliphatic rings. The summed E-state index contributed by atoms with van der Waals surface area (Å²) in [4.78, 5) is 23.0. The smallest absolute Gasteiger partial charge is 0.336 e. The summed E-state index contributed by atoms with van der Waals surface area (Å²) in [6, 6.07) is 14.2. The van der Waals surface area contributed by atoms with Crippen LogP contribution in [0.1, 0.15) is 5.56 Å². The first-order chi connectivity index (χ1) is 12.1. The fraction of sp³-hybridized carbons (Fsp3) is 0.158. The molecular formula is C19H16FNO4. The fourth-order valence-electron chi connectivity index (χ4n) is 2.33. The Kier molecular flexibility index (Phi) is 5.09. The van der Waals surface area contributed by atoms with Gasteiger partial charge in [-0.2, -0.15) is 0 Å². The van der Waals surface area contributed by atoms with Crippen molar-refractivity contribution in [3.8, 4) is 5.75 Å². The van der Waals surface area contributed by atoms with Gasteiger partial charge >= 0.3 is 5.63 Å². The van der Waals surface area contributed by atoms with Gasteiger partial charge in [-0.05, 0) is 42.3 Å². The van der Waals surface area contributed by atoms with Gasteiger partial charge in [-0.3, -0.25) is 4.79 Å². The highest BCUT2D eigenvalue weighted by molar-refractivity contribution is 5.79. The van der Waals surface area contributed by atoms with E-state index in [-0.39, 0.29) is 18.3 Å². The molecule has 25 heavy (non-hydrogen) atoms. The van der Waals surface area contributed by atoms with Gasteiger partial charge in [-0.15, -0.1) is 0 Å². The van der Waals surface area contributed by atoms with Gasteiger partial charge in [0, 0.05) is 24.1 Å². The number of carbonyl (C=O) groups excluding carboxylic acids is 1. The van der Waals surface area contributed by atoms with Crippen molar-refractivity contribution in [3.05, 3.63) is 76.4 Å². The summed E-state index contributed by atoms with van der Waals surface area (Å²) >= 11 is 0. The third-order valence-corrected chi connectivity index (χ3v) is 3.61. The second-order valence-corrected chi connectivity index (χ2v) is 5.47. The molecule has 1 heterocycles. The number of benzene rings is 2. The van der Waals surface area contributed by atoms with Gasteiger partial charge in [-0.1, -0.05) is 12.1 Å². The van der Waals surface area contributed by atoms with Gasteiger partial charge < -0.3 is 14.5 Å². The summed E-state index contributed by atoms with van der Waals surface area (Å²) in [6.45, 7) is 0.284. The maximum atomic E-state index is 12.8. The second-order valence-electron chi connectivity index (χ2n) is 5.47. The number of nitrogens with one attached hydrogen (secondary N) is 1. The van der Waals surface area contributed by atoms with Crippen molar-refractivity contribution in [1.29, 1.82) is 0 Å². The molecule has 6 heteroatoms. The Morgan fingerprint density at radius 3 is 2.64 bits per heavy atom. The monoisotopic (exact) mass is 341 g/mol. The zero-order valence-corrected chi connectivity index (χ0v) is 13.3. The van der Waals surface area contributed by atoms with Gasteiger partial charge in [0.15, 0.2) is 6.61 Å². The lowest BCUT2D eigenvalue weighted by molar-refractivity contribution is -0.123. The molecule has 0 fully saturated rings. The first-order valence-corrected chi connectivity index (χ1v) is 7.78. The first kappa shape index (κ1) is 16.7. The minimum atomic E-state index is -0.441. The number of hydrogen-bond acceptors (Lipinski definition) is 4. The summed E-state index contributed by atoms with van der Waals surface area (Å²) in [6.07, 6.45) is 0.604. The highest BCUT2D eigenvalue weighted by Crippen LogP contribution is 2.19. The topological polar surface area (TPSA) is 68.5 Å². The minimum absolute atomic E-state index is 0.147. The molecule has 0 aliphatic heterocycles. The number of fused-ring (bicyclic) bond motifs is 1. The van der Waals surface area contributed by atoms with E-state index in [2.05, 4.69) is 5.32 Å². The van der Waals surface area contributed by atoms with Crippen molar-refractivity contribution in [2.45, 2.75) is 6.42 Å². The fourth-order valence-corrected chi connectivity index (χ4v) is 2.33. The molecule has 2 aromatic carbocycles. The Hall–Kier alpha value is -3.15. The Bertz CT molecular complexity index is 934. The summed E-state index contributed by atoms with van der Waals surface area (Å²) in [7, 11) is 0. The van der Waals surface area contributed by atoms with Crippen LogP contribution in [0, 0.1) is 5.82 Å². The van der Waals surface area contributed by atoms with E-state index in [0.29, 0.717) is 24.3 Å². The molecule has 3 rings (SSSR count). The highest BCUT2D eigenvalue weighted by atomic mass is 19.1. The third kappa shape index (κ3) is 4.67. The van der Waals surface area contributed by atoms with Gasteiger partial charge in [0.2, 0.25) is 0 Å². The van der Waals surface area contributed by atoms with E-state index < -0.39 is 5.63 Å². The molecule has 5 nitrogen and oxygen atoms in total. The number of carbonyl (C=O) groups is 1. The van der Waals surface area contributed by atoms with Crippen molar-refractivity contribution >= 4 is 16.9 Å². The molecule has 0 aliphatic carbocycles. The quantitative estimate of drug-likeness (QED) is 0.700. The Morgan fingerprint density at radius 1 is 1.08 bits per heavy atom. The Labute approximate surface area is 143 Å². The lowest BCUT2D eigenvalue weighted by Crippen LogP contribution is -2.30. The van der Waals surface area contributed by atoms with Crippen LogP contribution in [-0.2, 0) is 11.2 Å². The number of amides is 1. The zero-order chi connectivity index (χ0) is 17.6. The molecule has 0 radical (unpaired) electrons. The van der Waals surface area contributed by atoms with E-state index in [9.17, 15) is 14.0 Å². The molecule has 0 unspecified atom stereocenters. The number of hydrogen-bond donors (Lipinski definition) is 1. The number of halogens is 1. The van der Waals surface area contributed by atoms with Gasteiger partial charge in [0.25, 0.3) is 5.91 Å². The molecule has 0 atom stereocenters. The molecule has 1 aromatic heterocycles. The van der Waals surface area contributed by atoms with Crippen LogP contribution in [-0.4, -0.2) is 19.1 Å². The predicted octanol–water partition coefficient (Wildman–Crippen LogP) is 2.67. The standard InChI is InChI=1S/C19H16FNO4/c20-15-5-1-13(2-6-15)9-10-21-18(22)12-24-16-7-3-14-4-8-19(23)25-17(14)11-16/h1-8,11H,9-10,12H2,(H,21,22). The van der Waals surface area contributed by atoms with Crippen LogP contribution < -0.4 is 15.7 Å². The lowest BCUT2D eigenvalue weighted by atomic mass is 10.1. The van der Waals surface area contributed by atoms with E-state index in [1.165, 1.54) is 18.2 Å². The van der Waals surface area contributed by atoms with Crippen LogP contribution in [0.2, 0.25) is 0 Å². The molecular weight excluding hydrogens is 325 g/mol. The van der Waals surface area contributed by atoms with Crippen LogP contribution >= 0.6 is 0 Å². The lowest BCUT2D eigenvalue weighted by Gasteiger charge is -2.08. The molecule has 1 N–H and O–H groups in total. The molecule has 0 saturated heterocycles. The van der Waals surface area contributed by atoms with Crippen molar-refractivity contribution in [1.82, 2.24) is 5.32 Å².